The molecule has 1 N–H and O–H groups in total. The molecule has 1 saturated heterocycles. The topological polar surface area (TPSA) is 64.1 Å². The number of hydrogen-bond acceptors (Lipinski definition) is 5. The molecule has 2 aromatic heterocycles. The maximum Gasteiger partial charge on any atom is 0.226 e. The second-order valence-electron chi connectivity index (χ2n) is 5.44. The standard InChI is InChI=1S/C16H19N3O2S/c1-11(14-6-4-8-21-14)18-15(20)9-12-10-22-16(19-12)13-5-2-3-7-17-13/h2-3,5,7,10-11,14H,4,6,8-9H2,1H3,(H,18,20)/t11-,14+/m0/s1. The fourth-order valence-corrected chi connectivity index (χ4v) is 3.35. The monoisotopic (exact) mass is 317 g/mol. The lowest BCUT2D eigenvalue weighted by atomic mass is 10.1. The van der Waals surface area contributed by atoms with Crippen LogP contribution < -0.4 is 5.32 Å². The van der Waals surface area contributed by atoms with E-state index in [0.29, 0.717) is 6.42 Å². The van der Waals surface area contributed by atoms with Crippen molar-refractivity contribution in [1.82, 2.24) is 15.3 Å². The predicted octanol–water partition coefficient (Wildman–Crippen LogP) is 2.43. The summed E-state index contributed by atoms with van der Waals surface area (Å²) in [7, 11) is 0. The average Bonchev–Trinajstić information content (AvgIpc) is 3.19. The molecule has 1 aliphatic rings. The van der Waals surface area contributed by atoms with Crippen LogP contribution in [0.4, 0.5) is 0 Å². The van der Waals surface area contributed by atoms with Gasteiger partial charge in [0.05, 0.1) is 30.0 Å². The molecular weight excluding hydrogens is 298 g/mol. The van der Waals surface area contributed by atoms with E-state index >= 15 is 0 Å². The van der Waals surface area contributed by atoms with Gasteiger partial charge in [-0.2, -0.15) is 0 Å². The van der Waals surface area contributed by atoms with Gasteiger partial charge in [-0.15, -0.1) is 11.3 Å². The summed E-state index contributed by atoms with van der Waals surface area (Å²) in [5, 5.41) is 5.76. The molecule has 2 atom stereocenters. The Kier molecular flexibility index (Phi) is 4.80. The highest BCUT2D eigenvalue weighted by atomic mass is 32.1. The lowest BCUT2D eigenvalue weighted by molar-refractivity contribution is -0.121. The summed E-state index contributed by atoms with van der Waals surface area (Å²) in [6.07, 6.45) is 4.27. The van der Waals surface area contributed by atoms with Crippen LogP contribution in [0.15, 0.2) is 29.8 Å². The molecule has 116 valence electrons. The molecule has 0 aliphatic carbocycles. The van der Waals surface area contributed by atoms with Crippen molar-refractivity contribution in [2.45, 2.75) is 38.3 Å². The molecule has 1 aliphatic heterocycles. The average molecular weight is 317 g/mol. The highest BCUT2D eigenvalue weighted by Crippen LogP contribution is 2.21. The van der Waals surface area contributed by atoms with Crippen LogP contribution in [0.3, 0.4) is 0 Å². The van der Waals surface area contributed by atoms with Crippen LogP contribution in [0.1, 0.15) is 25.5 Å². The molecule has 0 unspecified atom stereocenters. The molecule has 0 aromatic carbocycles. The number of nitrogens with zero attached hydrogens (tertiary/aromatic N) is 2. The Hall–Kier alpha value is -1.79. The third kappa shape index (κ3) is 3.69. The maximum absolute atomic E-state index is 12.1. The minimum atomic E-state index is -0.0131. The summed E-state index contributed by atoms with van der Waals surface area (Å²) in [6, 6.07) is 5.77. The van der Waals surface area contributed by atoms with Gasteiger partial charge in [-0.3, -0.25) is 9.78 Å². The molecule has 3 rings (SSSR count). The molecule has 5 nitrogen and oxygen atoms in total. The van der Waals surface area contributed by atoms with E-state index in [-0.39, 0.29) is 18.1 Å². The zero-order chi connectivity index (χ0) is 15.4. The zero-order valence-corrected chi connectivity index (χ0v) is 13.3. The maximum atomic E-state index is 12.1. The van der Waals surface area contributed by atoms with Crippen LogP contribution >= 0.6 is 11.3 Å². The summed E-state index contributed by atoms with van der Waals surface area (Å²) in [6.45, 7) is 2.79. The first kappa shape index (κ1) is 15.1. The number of thiazole rings is 1. The minimum absolute atomic E-state index is 0.0131. The molecule has 3 heterocycles. The number of hydrogen-bond donors (Lipinski definition) is 1. The van der Waals surface area contributed by atoms with Crippen molar-refractivity contribution in [3.63, 3.8) is 0 Å². The van der Waals surface area contributed by atoms with Gasteiger partial charge in [-0.1, -0.05) is 6.07 Å². The van der Waals surface area contributed by atoms with Gasteiger partial charge in [0.15, 0.2) is 0 Å². The number of pyridine rings is 1. The summed E-state index contributed by atoms with van der Waals surface area (Å²) in [4.78, 5) is 20.9. The van der Waals surface area contributed by atoms with Crippen LogP contribution in [0.5, 0.6) is 0 Å². The molecule has 1 fully saturated rings. The fraction of sp³-hybridized carbons (Fsp3) is 0.438. The van der Waals surface area contributed by atoms with E-state index in [2.05, 4.69) is 15.3 Å². The number of nitrogens with one attached hydrogen (secondary N) is 1. The highest BCUT2D eigenvalue weighted by Gasteiger charge is 2.23. The Balaban J connectivity index is 1.57. The fourth-order valence-electron chi connectivity index (χ4n) is 2.55. The summed E-state index contributed by atoms with van der Waals surface area (Å²) < 4.78 is 5.59. The van der Waals surface area contributed by atoms with Gasteiger partial charge >= 0.3 is 0 Å². The van der Waals surface area contributed by atoms with Crippen molar-refractivity contribution in [1.29, 1.82) is 0 Å². The van der Waals surface area contributed by atoms with Crippen molar-refractivity contribution >= 4 is 17.2 Å². The van der Waals surface area contributed by atoms with Crippen LogP contribution in [-0.4, -0.2) is 34.6 Å². The Bertz CT molecular complexity index is 623. The van der Waals surface area contributed by atoms with E-state index in [9.17, 15) is 4.79 Å². The minimum Gasteiger partial charge on any atom is -0.376 e. The third-order valence-corrected chi connectivity index (χ3v) is 4.60. The van der Waals surface area contributed by atoms with Gasteiger partial charge in [0.1, 0.15) is 5.01 Å². The summed E-state index contributed by atoms with van der Waals surface area (Å²) in [5.41, 5.74) is 1.62. The first-order valence-electron chi connectivity index (χ1n) is 7.49. The number of ether oxygens (including phenoxy) is 1. The Morgan fingerprint density at radius 2 is 2.45 bits per heavy atom. The highest BCUT2D eigenvalue weighted by molar-refractivity contribution is 7.13. The normalized spacial score (nSPS) is 19.0. The van der Waals surface area contributed by atoms with Gasteiger partial charge in [0, 0.05) is 18.2 Å². The number of rotatable bonds is 5. The van der Waals surface area contributed by atoms with Crippen molar-refractivity contribution in [3.05, 3.63) is 35.5 Å². The summed E-state index contributed by atoms with van der Waals surface area (Å²) in [5.74, 6) is -0.0131. The van der Waals surface area contributed by atoms with E-state index < -0.39 is 0 Å². The SMILES string of the molecule is C[C@H](NC(=O)Cc1csc(-c2ccccn2)n1)[C@H]1CCCO1. The number of amides is 1. The second-order valence-corrected chi connectivity index (χ2v) is 6.30. The molecule has 0 radical (unpaired) electrons. The first-order chi connectivity index (χ1) is 10.7. The Morgan fingerprint density at radius 1 is 1.55 bits per heavy atom. The van der Waals surface area contributed by atoms with Crippen molar-refractivity contribution < 1.29 is 9.53 Å². The number of carbonyl (C=O) groups is 1. The van der Waals surface area contributed by atoms with Gasteiger partial charge in [-0.05, 0) is 31.9 Å². The van der Waals surface area contributed by atoms with Crippen LogP contribution in [0.25, 0.3) is 10.7 Å². The Morgan fingerprint density at radius 3 is 3.18 bits per heavy atom. The molecule has 6 heteroatoms. The van der Waals surface area contributed by atoms with E-state index in [1.165, 1.54) is 11.3 Å². The molecular formula is C16H19N3O2S. The molecule has 1 amide bonds. The van der Waals surface area contributed by atoms with Crippen molar-refractivity contribution in [2.24, 2.45) is 0 Å². The van der Waals surface area contributed by atoms with Gasteiger partial charge in [-0.25, -0.2) is 4.98 Å². The van der Waals surface area contributed by atoms with Gasteiger partial charge < -0.3 is 10.1 Å². The molecule has 22 heavy (non-hydrogen) atoms. The smallest absolute Gasteiger partial charge is 0.226 e. The molecule has 0 spiro atoms. The van der Waals surface area contributed by atoms with Crippen LogP contribution in [-0.2, 0) is 16.0 Å². The summed E-state index contributed by atoms with van der Waals surface area (Å²) >= 11 is 1.51. The van der Waals surface area contributed by atoms with Crippen molar-refractivity contribution in [2.75, 3.05) is 6.61 Å². The number of carbonyl (C=O) groups excluding carboxylic acids is 1. The van der Waals surface area contributed by atoms with E-state index in [1.807, 2.05) is 30.5 Å². The first-order valence-corrected chi connectivity index (χ1v) is 8.37. The zero-order valence-electron chi connectivity index (χ0n) is 12.5. The predicted molar refractivity (Wildman–Crippen MR) is 85.6 cm³/mol. The third-order valence-electron chi connectivity index (χ3n) is 3.69. The van der Waals surface area contributed by atoms with Crippen LogP contribution in [0, 0.1) is 0 Å². The molecule has 0 bridgehead atoms. The van der Waals surface area contributed by atoms with Gasteiger partial charge in [0.2, 0.25) is 5.91 Å². The lowest BCUT2D eigenvalue weighted by Crippen LogP contribution is -2.41. The van der Waals surface area contributed by atoms with E-state index in [1.54, 1.807) is 6.20 Å². The van der Waals surface area contributed by atoms with Crippen LogP contribution in [0.2, 0.25) is 0 Å². The Labute approximate surface area is 133 Å². The lowest BCUT2D eigenvalue weighted by Gasteiger charge is -2.19. The quantitative estimate of drug-likeness (QED) is 0.920. The van der Waals surface area contributed by atoms with E-state index in [0.717, 1.165) is 35.8 Å². The molecule has 2 aromatic rings. The largest absolute Gasteiger partial charge is 0.376 e. The van der Waals surface area contributed by atoms with Crippen molar-refractivity contribution in [3.8, 4) is 10.7 Å². The molecule has 0 saturated carbocycles. The van der Waals surface area contributed by atoms with Gasteiger partial charge in [0.25, 0.3) is 0 Å². The second kappa shape index (κ2) is 6.98. The van der Waals surface area contributed by atoms with E-state index in [4.69, 9.17) is 4.74 Å². The number of aromatic nitrogens is 2.